The van der Waals surface area contributed by atoms with Gasteiger partial charge in [-0.3, -0.25) is 9.69 Å². The first-order chi connectivity index (χ1) is 7.88. The Labute approximate surface area is 105 Å². The van der Waals surface area contributed by atoms with Crippen molar-refractivity contribution in [1.29, 1.82) is 0 Å². The van der Waals surface area contributed by atoms with Crippen molar-refractivity contribution in [2.45, 2.75) is 64.1 Å². The summed E-state index contributed by atoms with van der Waals surface area (Å²) < 4.78 is 0. The maximum atomic E-state index is 11.9. The van der Waals surface area contributed by atoms with Crippen molar-refractivity contribution in [3.63, 3.8) is 0 Å². The molecule has 100 valence electrons. The van der Waals surface area contributed by atoms with Crippen LogP contribution in [0.3, 0.4) is 0 Å². The first-order valence-electron chi connectivity index (χ1n) is 6.67. The summed E-state index contributed by atoms with van der Waals surface area (Å²) in [5.74, 6) is -0.0320. The molecule has 1 aliphatic rings. The second-order valence-electron chi connectivity index (χ2n) is 5.62. The van der Waals surface area contributed by atoms with Gasteiger partial charge in [0.1, 0.15) is 0 Å². The topological polar surface area (TPSA) is 58.4 Å². The molecule has 3 N–H and O–H groups in total. The molecule has 0 saturated heterocycles. The number of hydrogen-bond donors (Lipinski definition) is 2. The number of nitrogens with zero attached hydrogens (tertiary/aromatic N) is 1. The zero-order chi connectivity index (χ0) is 13.1. The van der Waals surface area contributed by atoms with Crippen LogP contribution in [0.15, 0.2) is 0 Å². The van der Waals surface area contributed by atoms with E-state index in [1.165, 1.54) is 12.8 Å². The normalized spacial score (nSPS) is 21.1. The van der Waals surface area contributed by atoms with Gasteiger partial charge in [0.2, 0.25) is 5.91 Å². The number of nitrogens with two attached hydrogens (primary N) is 1. The van der Waals surface area contributed by atoms with E-state index in [9.17, 15) is 4.79 Å². The Morgan fingerprint density at radius 2 is 2.18 bits per heavy atom. The van der Waals surface area contributed by atoms with Crippen molar-refractivity contribution < 1.29 is 4.79 Å². The highest BCUT2D eigenvalue weighted by Gasteiger charge is 2.31. The van der Waals surface area contributed by atoms with E-state index >= 15 is 0 Å². The van der Waals surface area contributed by atoms with Gasteiger partial charge in [0.15, 0.2) is 0 Å². The van der Waals surface area contributed by atoms with Gasteiger partial charge in [-0.15, -0.1) is 0 Å². The molecule has 0 aliphatic heterocycles. The molecule has 0 heterocycles. The minimum atomic E-state index is -0.730. The molecule has 17 heavy (non-hydrogen) atoms. The first kappa shape index (κ1) is 14.5. The average molecular weight is 241 g/mol. The maximum absolute atomic E-state index is 11.9. The van der Waals surface area contributed by atoms with Crippen molar-refractivity contribution >= 4 is 5.91 Å². The molecule has 2 unspecified atom stereocenters. The van der Waals surface area contributed by atoms with Crippen LogP contribution in [0.1, 0.15) is 46.5 Å². The van der Waals surface area contributed by atoms with Gasteiger partial charge in [0.25, 0.3) is 0 Å². The van der Waals surface area contributed by atoms with Crippen LogP contribution in [-0.4, -0.2) is 42.0 Å². The predicted octanol–water partition coefficient (Wildman–Crippen LogP) is 1.10. The lowest BCUT2D eigenvalue weighted by Gasteiger charge is -2.28. The van der Waals surface area contributed by atoms with Crippen LogP contribution in [0, 0.1) is 0 Å². The fourth-order valence-corrected chi connectivity index (χ4v) is 2.06. The van der Waals surface area contributed by atoms with Crippen LogP contribution < -0.4 is 11.1 Å². The zero-order valence-electron chi connectivity index (χ0n) is 11.6. The number of hydrogen-bond acceptors (Lipinski definition) is 3. The van der Waals surface area contributed by atoms with Crippen LogP contribution in [0.25, 0.3) is 0 Å². The largest absolute Gasteiger partial charge is 0.353 e. The van der Waals surface area contributed by atoms with Gasteiger partial charge in [-0.25, -0.2) is 0 Å². The first-order valence-corrected chi connectivity index (χ1v) is 6.67. The van der Waals surface area contributed by atoms with E-state index < -0.39 is 5.54 Å². The number of rotatable bonds is 7. The summed E-state index contributed by atoms with van der Waals surface area (Å²) in [6.45, 7) is 6.68. The monoisotopic (exact) mass is 241 g/mol. The molecule has 4 heteroatoms. The highest BCUT2D eigenvalue weighted by molar-refractivity contribution is 5.85. The van der Waals surface area contributed by atoms with E-state index in [0.29, 0.717) is 12.6 Å². The smallest absolute Gasteiger partial charge is 0.239 e. The Balaban J connectivity index is 2.31. The van der Waals surface area contributed by atoms with Crippen molar-refractivity contribution in [3.8, 4) is 0 Å². The van der Waals surface area contributed by atoms with Crippen LogP contribution >= 0.6 is 0 Å². The van der Waals surface area contributed by atoms with Gasteiger partial charge in [-0.1, -0.05) is 13.3 Å². The molecule has 0 radical (unpaired) electrons. The number of nitrogens with one attached hydrogen (secondary N) is 1. The second kappa shape index (κ2) is 5.83. The lowest BCUT2D eigenvalue weighted by atomic mass is 9.96. The van der Waals surface area contributed by atoms with Gasteiger partial charge >= 0.3 is 0 Å². The van der Waals surface area contributed by atoms with Crippen LogP contribution in [0.2, 0.25) is 0 Å². The van der Waals surface area contributed by atoms with E-state index in [0.717, 1.165) is 18.9 Å². The molecule has 0 bridgehead atoms. The third-order valence-electron chi connectivity index (χ3n) is 3.66. The number of carbonyl (C=O) groups is 1. The molecule has 1 fully saturated rings. The molecule has 1 amide bonds. The average Bonchev–Trinajstić information content (AvgIpc) is 3.07. The highest BCUT2D eigenvalue weighted by atomic mass is 16.2. The van der Waals surface area contributed by atoms with Gasteiger partial charge in [0.05, 0.1) is 5.54 Å². The van der Waals surface area contributed by atoms with Gasteiger partial charge in [0, 0.05) is 18.6 Å². The van der Waals surface area contributed by atoms with Crippen LogP contribution in [-0.2, 0) is 4.79 Å². The fourth-order valence-electron chi connectivity index (χ4n) is 2.06. The van der Waals surface area contributed by atoms with Crippen molar-refractivity contribution in [2.75, 3.05) is 13.6 Å². The molecule has 1 saturated carbocycles. The van der Waals surface area contributed by atoms with Crippen molar-refractivity contribution in [3.05, 3.63) is 0 Å². The Bertz CT molecular complexity index is 261. The number of carbonyl (C=O) groups excluding carboxylic acids is 1. The summed E-state index contributed by atoms with van der Waals surface area (Å²) in [6.07, 6.45) is 4.24. The second-order valence-corrected chi connectivity index (χ2v) is 5.62. The van der Waals surface area contributed by atoms with Crippen molar-refractivity contribution in [1.82, 2.24) is 10.2 Å². The summed E-state index contributed by atoms with van der Waals surface area (Å²) in [7, 11) is 2.13. The minimum Gasteiger partial charge on any atom is -0.353 e. The van der Waals surface area contributed by atoms with Crippen molar-refractivity contribution in [2.24, 2.45) is 5.73 Å². The lowest BCUT2D eigenvalue weighted by Crippen LogP contribution is -2.53. The standard InChI is InChI=1S/C13H27N3O/c1-5-8-13(3,14)12(17)15-9-10(2)16(4)11-6-7-11/h10-11H,5-9,14H2,1-4H3,(H,15,17). The van der Waals surface area contributed by atoms with E-state index in [1.54, 1.807) is 6.92 Å². The van der Waals surface area contributed by atoms with E-state index in [4.69, 9.17) is 5.73 Å². The van der Waals surface area contributed by atoms with E-state index in [2.05, 4.69) is 24.2 Å². The molecule has 0 aromatic carbocycles. The Morgan fingerprint density at radius 1 is 1.59 bits per heavy atom. The number of likely N-dealkylation sites (N-methyl/N-ethyl adjacent to an activating group) is 1. The zero-order valence-corrected chi connectivity index (χ0v) is 11.6. The molecule has 0 aromatic rings. The SMILES string of the molecule is CCCC(C)(N)C(=O)NCC(C)N(C)C1CC1. The third-order valence-corrected chi connectivity index (χ3v) is 3.66. The maximum Gasteiger partial charge on any atom is 0.239 e. The predicted molar refractivity (Wildman–Crippen MR) is 70.8 cm³/mol. The molecule has 2 atom stereocenters. The fraction of sp³-hybridized carbons (Fsp3) is 0.923. The molecular weight excluding hydrogens is 214 g/mol. The van der Waals surface area contributed by atoms with E-state index in [-0.39, 0.29) is 5.91 Å². The van der Waals surface area contributed by atoms with Gasteiger partial charge in [-0.2, -0.15) is 0 Å². The third kappa shape index (κ3) is 4.28. The Morgan fingerprint density at radius 3 is 2.65 bits per heavy atom. The molecule has 1 rings (SSSR count). The molecule has 4 nitrogen and oxygen atoms in total. The summed E-state index contributed by atoms with van der Waals surface area (Å²) in [4.78, 5) is 14.3. The quantitative estimate of drug-likeness (QED) is 0.702. The molecular formula is C13H27N3O. The summed E-state index contributed by atoms with van der Waals surface area (Å²) in [5, 5.41) is 2.97. The number of amides is 1. The molecule has 0 aromatic heterocycles. The summed E-state index contributed by atoms with van der Waals surface area (Å²) >= 11 is 0. The summed E-state index contributed by atoms with van der Waals surface area (Å²) in [6, 6.07) is 1.10. The lowest BCUT2D eigenvalue weighted by molar-refractivity contribution is -0.126. The molecule has 1 aliphatic carbocycles. The van der Waals surface area contributed by atoms with Crippen LogP contribution in [0.5, 0.6) is 0 Å². The highest BCUT2D eigenvalue weighted by Crippen LogP contribution is 2.26. The minimum absolute atomic E-state index is 0.0320. The van der Waals surface area contributed by atoms with E-state index in [1.807, 2.05) is 6.92 Å². The van der Waals surface area contributed by atoms with Crippen LogP contribution in [0.4, 0.5) is 0 Å². The van der Waals surface area contributed by atoms with Gasteiger partial charge < -0.3 is 11.1 Å². The Kier molecular flexibility index (Phi) is 4.95. The van der Waals surface area contributed by atoms with Gasteiger partial charge in [-0.05, 0) is 40.2 Å². The molecule has 0 spiro atoms. The Hall–Kier alpha value is -0.610. The summed E-state index contributed by atoms with van der Waals surface area (Å²) in [5.41, 5.74) is 5.25.